The molecule has 1 heterocycles. The molecular weight excluding hydrogens is 256 g/mol. The first-order chi connectivity index (χ1) is 8.50. The van der Waals surface area contributed by atoms with Gasteiger partial charge in [0.25, 0.3) is 0 Å². The maximum atomic E-state index is 10.9. The molecule has 0 unspecified atom stereocenters. The molecule has 0 aliphatic carbocycles. The Morgan fingerprint density at radius 1 is 1.67 bits per heavy atom. The third-order valence-corrected chi connectivity index (χ3v) is 2.29. The molecule has 1 aromatic rings. The van der Waals surface area contributed by atoms with Crippen molar-refractivity contribution in [2.75, 3.05) is 25.1 Å². The summed E-state index contributed by atoms with van der Waals surface area (Å²) in [6, 6.07) is 1.39. The molecule has 0 aliphatic heterocycles. The van der Waals surface area contributed by atoms with Crippen molar-refractivity contribution in [2.45, 2.75) is 6.92 Å². The van der Waals surface area contributed by atoms with E-state index >= 15 is 0 Å². The van der Waals surface area contributed by atoms with Gasteiger partial charge in [-0.15, -0.1) is 0 Å². The first-order valence-corrected chi connectivity index (χ1v) is 5.73. The number of halogens is 1. The number of carboxylic acid groups (broad SMARTS) is 1. The van der Waals surface area contributed by atoms with E-state index in [2.05, 4.69) is 16.9 Å². The van der Waals surface area contributed by atoms with E-state index in [-0.39, 0.29) is 10.6 Å². The molecule has 0 aliphatic rings. The van der Waals surface area contributed by atoms with Crippen LogP contribution >= 0.6 is 11.6 Å². The van der Waals surface area contributed by atoms with E-state index in [0.717, 1.165) is 5.57 Å². The van der Waals surface area contributed by atoms with E-state index in [0.29, 0.717) is 25.6 Å². The van der Waals surface area contributed by atoms with Gasteiger partial charge in [-0.05, 0) is 13.0 Å². The van der Waals surface area contributed by atoms with Gasteiger partial charge < -0.3 is 15.2 Å². The molecule has 5 nitrogen and oxygen atoms in total. The molecule has 0 fully saturated rings. The average molecular weight is 271 g/mol. The van der Waals surface area contributed by atoms with Gasteiger partial charge >= 0.3 is 5.97 Å². The van der Waals surface area contributed by atoms with Crippen LogP contribution in [-0.4, -0.2) is 35.8 Å². The van der Waals surface area contributed by atoms with Crippen LogP contribution in [0.15, 0.2) is 24.4 Å². The maximum absolute atomic E-state index is 10.9. The minimum Gasteiger partial charge on any atom is -0.478 e. The highest BCUT2D eigenvalue weighted by Crippen LogP contribution is 2.17. The van der Waals surface area contributed by atoms with E-state index in [1.807, 2.05) is 6.92 Å². The molecule has 98 valence electrons. The lowest BCUT2D eigenvalue weighted by Gasteiger charge is -2.07. The number of nitrogens with zero attached hydrogens (tertiary/aromatic N) is 1. The number of carbonyl (C=O) groups is 1. The molecule has 1 rings (SSSR count). The summed E-state index contributed by atoms with van der Waals surface area (Å²) in [5.41, 5.74) is 0.977. The Labute approximate surface area is 110 Å². The predicted octanol–water partition coefficient (Wildman–Crippen LogP) is 2.44. The number of rotatable bonds is 7. The van der Waals surface area contributed by atoms with E-state index < -0.39 is 5.97 Å². The van der Waals surface area contributed by atoms with Crippen molar-refractivity contribution >= 4 is 23.4 Å². The molecule has 0 spiro atoms. The summed E-state index contributed by atoms with van der Waals surface area (Å²) in [4.78, 5) is 14.8. The van der Waals surface area contributed by atoms with Crippen molar-refractivity contribution in [3.63, 3.8) is 0 Å². The third kappa shape index (κ3) is 4.73. The normalized spacial score (nSPS) is 10.1. The van der Waals surface area contributed by atoms with Gasteiger partial charge in [0.05, 0.1) is 23.8 Å². The van der Waals surface area contributed by atoms with Crippen LogP contribution in [0.3, 0.4) is 0 Å². The highest BCUT2D eigenvalue weighted by atomic mass is 35.5. The minimum atomic E-state index is -1.08. The van der Waals surface area contributed by atoms with Crippen LogP contribution in [0, 0.1) is 0 Å². The Morgan fingerprint density at radius 3 is 3.00 bits per heavy atom. The van der Waals surface area contributed by atoms with Crippen molar-refractivity contribution < 1.29 is 14.6 Å². The molecule has 0 radical (unpaired) electrons. The van der Waals surface area contributed by atoms with E-state index in [9.17, 15) is 4.79 Å². The number of ether oxygens (including phenoxy) is 1. The first kappa shape index (κ1) is 14.5. The second-order valence-electron chi connectivity index (χ2n) is 3.79. The summed E-state index contributed by atoms with van der Waals surface area (Å²) in [5, 5.41) is 12.0. The summed E-state index contributed by atoms with van der Waals surface area (Å²) >= 11 is 5.70. The zero-order valence-corrected chi connectivity index (χ0v) is 10.8. The monoisotopic (exact) mass is 270 g/mol. The highest BCUT2D eigenvalue weighted by Gasteiger charge is 2.09. The average Bonchev–Trinajstić information content (AvgIpc) is 2.30. The lowest BCUT2D eigenvalue weighted by Crippen LogP contribution is -2.12. The van der Waals surface area contributed by atoms with Crippen molar-refractivity contribution in [3.05, 3.63) is 35.0 Å². The Morgan fingerprint density at radius 2 is 2.39 bits per heavy atom. The Balaban J connectivity index is 2.45. The lowest BCUT2D eigenvalue weighted by atomic mass is 10.2. The van der Waals surface area contributed by atoms with Gasteiger partial charge in [-0.25, -0.2) is 9.78 Å². The molecule has 0 saturated heterocycles. The van der Waals surface area contributed by atoms with Gasteiger partial charge in [0.1, 0.15) is 5.82 Å². The van der Waals surface area contributed by atoms with Crippen molar-refractivity contribution in [1.29, 1.82) is 0 Å². The fourth-order valence-electron chi connectivity index (χ4n) is 1.20. The Bertz CT molecular complexity index is 449. The standard InChI is InChI=1S/C12H15ClN2O3/c1-8(2)7-18-4-3-14-11-5-9(12(16)17)10(13)6-15-11/h5-6H,1,3-4,7H2,2H3,(H,14,15)(H,16,17). The molecular formula is C12H15ClN2O3. The number of anilines is 1. The quantitative estimate of drug-likeness (QED) is 0.588. The van der Waals surface area contributed by atoms with Gasteiger partial charge in [-0.1, -0.05) is 23.8 Å². The number of aromatic nitrogens is 1. The van der Waals surface area contributed by atoms with Crippen molar-refractivity contribution in [2.24, 2.45) is 0 Å². The zero-order valence-electron chi connectivity index (χ0n) is 10.1. The van der Waals surface area contributed by atoms with Crippen LogP contribution in [0.1, 0.15) is 17.3 Å². The smallest absolute Gasteiger partial charge is 0.337 e. The van der Waals surface area contributed by atoms with Crippen molar-refractivity contribution in [3.8, 4) is 0 Å². The largest absolute Gasteiger partial charge is 0.478 e. The first-order valence-electron chi connectivity index (χ1n) is 5.35. The van der Waals surface area contributed by atoms with E-state index in [1.54, 1.807) is 0 Å². The molecule has 18 heavy (non-hydrogen) atoms. The van der Waals surface area contributed by atoms with Crippen LogP contribution < -0.4 is 5.32 Å². The molecule has 2 N–H and O–H groups in total. The number of carboxylic acids is 1. The number of pyridine rings is 1. The van der Waals surface area contributed by atoms with Crippen LogP contribution in [0.5, 0.6) is 0 Å². The topological polar surface area (TPSA) is 71.5 Å². The SMILES string of the molecule is C=C(C)COCCNc1cc(C(=O)O)c(Cl)cn1. The minimum absolute atomic E-state index is 0.0250. The second-order valence-corrected chi connectivity index (χ2v) is 4.20. The number of nitrogens with one attached hydrogen (secondary N) is 1. The number of hydrogen-bond acceptors (Lipinski definition) is 4. The summed E-state index contributed by atoms with van der Waals surface area (Å²) in [6.45, 7) is 7.12. The summed E-state index contributed by atoms with van der Waals surface area (Å²) in [6.07, 6.45) is 1.31. The molecule has 0 atom stereocenters. The van der Waals surface area contributed by atoms with Gasteiger partial charge in [0.2, 0.25) is 0 Å². The third-order valence-electron chi connectivity index (χ3n) is 1.99. The van der Waals surface area contributed by atoms with Crippen LogP contribution in [0.4, 0.5) is 5.82 Å². The summed E-state index contributed by atoms with van der Waals surface area (Å²) in [7, 11) is 0. The fourth-order valence-corrected chi connectivity index (χ4v) is 1.38. The number of aromatic carboxylic acids is 1. The molecule has 0 aromatic carbocycles. The number of hydrogen-bond donors (Lipinski definition) is 2. The maximum Gasteiger partial charge on any atom is 0.337 e. The van der Waals surface area contributed by atoms with E-state index in [4.69, 9.17) is 21.4 Å². The molecule has 0 saturated carbocycles. The molecule has 0 bridgehead atoms. The zero-order chi connectivity index (χ0) is 13.5. The Kier molecular flexibility index (Phi) is 5.61. The van der Waals surface area contributed by atoms with Crippen LogP contribution in [0.25, 0.3) is 0 Å². The second kappa shape index (κ2) is 6.98. The summed E-state index contributed by atoms with van der Waals surface area (Å²) < 4.78 is 5.29. The molecule has 1 aromatic heterocycles. The van der Waals surface area contributed by atoms with Gasteiger partial charge in [-0.3, -0.25) is 0 Å². The van der Waals surface area contributed by atoms with Gasteiger partial charge in [0, 0.05) is 12.7 Å². The summed E-state index contributed by atoms with van der Waals surface area (Å²) in [5.74, 6) is -0.625. The molecule has 0 amide bonds. The predicted molar refractivity (Wildman–Crippen MR) is 70.3 cm³/mol. The van der Waals surface area contributed by atoms with Crippen LogP contribution in [0.2, 0.25) is 5.02 Å². The Hall–Kier alpha value is -1.59. The van der Waals surface area contributed by atoms with E-state index in [1.165, 1.54) is 12.3 Å². The molecule has 6 heteroatoms. The fraction of sp³-hybridized carbons (Fsp3) is 0.333. The lowest BCUT2D eigenvalue weighted by molar-refractivity contribution is 0.0697. The van der Waals surface area contributed by atoms with Gasteiger partial charge in [-0.2, -0.15) is 0 Å². The highest BCUT2D eigenvalue weighted by molar-refractivity contribution is 6.33. The van der Waals surface area contributed by atoms with Crippen LogP contribution in [-0.2, 0) is 4.74 Å². The van der Waals surface area contributed by atoms with Crippen molar-refractivity contribution in [1.82, 2.24) is 4.98 Å². The van der Waals surface area contributed by atoms with Gasteiger partial charge in [0.15, 0.2) is 0 Å².